The van der Waals surface area contributed by atoms with Gasteiger partial charge in [0.1, 0.15) is 0 Å². The highest BCUT2D eigenvalue weighted by atomic mass is 16.1. The van der Waals surface area contributed by atoms with E-state index in [2.05, 4.69) is 45.3 Å². The van der Waals surface area contributed by atoms with Gasteiger partial charge in [0.05, 0.1) is 6.54 Å². The third-order valence-corrected chi connectivity index (χ3v) is 2.50. The zero-order valence-corrected chi connectivity index (χ0v) is 11.5. The molecule has 0 spiro atoms. The van der Waals surface area contributed by atoms with E-state index in [4.69, 9.17) is 0 Å². The van der Waals surface area contributed by atoms with Crippen molar-refractivity contribution in [2.75, 3.05) is 13.1 Å². The Morgan fingerprint density at radius 1 is 1.00 bits per heavy atom. The fourth-order valence-electron chi connectivity index (χ4n) is 1.33. The van der Waals surface area contributed by atoms with Crippen molar-refractivity contribution in [3.63, 3.8) is 0 Å². The van der Waals surface area contributed by atoms with E-state index in [0.29, 0.717) is 18.5 Å². The molecular weight excluding hydrogens is 200 g/mol. The first-order valence-corrected chi connectivity index (χ1v) is 6.41. The summed E-state index contributed by atoms with van der Waals surface area (Å²) in [7, 11) is 0. The smallest absolute Gasteiger partial charge is 0.233 e. The Labute approximate surface area is 100 Å². The molecule has 0 aromatic rings. The van der Waals surface area contributed by atoms with E-state index in [-0.39, 0.29) is 5.91 Å². The lowest BCUT2D eigenvalue weighted by molar-refractivity contribution is -0.120. The van der Waals surface area contributed by atoms with Gasteiger partial charge in [-0.3, -0.25) is 4.79 Å². The fraction of sp³-hybridized carbons (Fsp3) is 0.923. The predicted octanol–water partition coefficient (Wildman–Crippen LogP) is 2.17. The highest BCUT2D eigenvalue weighted by Gasteiger charge is 2.06. The summed E-state index contributed by atoms with van der Waals surface area (Å²) in [5.74, 6) is 1.35. The second-order valence-corrected chi connectivity index (χ2v) is 5.45. The maximum absolute atomic E-state index is 11.4. The van der Waals surface area contributed by atoms with Gasteiger partial charge in [-0.2, -0.15) is 0 Å². The van der Waals surface area contributed by atoms with Crippen LogP contribution in [0, 0.1) is 11.8 Å². The minimum Gasteiger partial charge on any atom is -0.355 e. The lowest BCUT2D eigenvalue weighted by Gasteiger charge is -2.15. The minimum atomic E-state index is 0.102. The van der Waals surface area contributed by atoms with E-state index in [9.17, 15) is 4.79 Å². The largest absolute Gasteiger partial charge is 0.355 e. The van der Waals surface area contributed by atoms with Crippen LogP contribution < -0.4 is 10.6 Å². The zero-order valence-electron chi connectivity index (χ0n) is 11.5. The molecule has 1 atom stereocenters. The highest BCUT2D eigenvalue weighted by Crippen LogP contribution is 2.05. The van der Waals surface area contributed by atoms with Crippen LogP contribution >= 0.6 is 0 Å². The predicted molar refractivity (Wildman–Crippen MR) is 69.4 cm³/mol. The third-order valence-electron chi connectivity index (χ3n) is 2.50. The summed E-state index contributed by atoms with van der Waals surface area (Å²) in [5.41, 5.74) is 0. The second kappa shape index (κ2) is 8.57. The molecule has 0 saturated heterocycles. The summed E-state index contributed by atoms with van der Waals surface area (Å²) in [4.78, 5) is 11.4. The van der Waals surface area contributed by atoms with E-state index in [0.717, 1.165) is 18.9 Å². The van der Waals surface area contributed by atoms with Gasteiger partial charge in [0.2, 0.25) is 5.91 Å². The normalized spacial score (nSPS) is 13.2. The Hall–Kier alpha value is -0.570. The highest BCUT2D eigenvalue weighted by molar-refractivity contribution is 5.77. The molecule has 96 valence electrons. The molecule has 0 heterocycles. The van der Waals surface area contributed by atoms with Crippen LogP contribution in [-0.4, -0.2) is 25.0 Å². The van der Waals surface area contributed by atoms with Gasteiger partial charge in [0, 0.05) is 12.6 Å². The number of hydrogen-bond acceptors (Lipinski definition) is 2. The van der Waals surface area contributed by atoms with Crippen molar-refractivity contribution < 1.29 is 4.79 Å². The van der Waals surface area contributed by atoms with Crippen molar-refractivity contribution in [3.8, 4) is 0 Å². The quantitative estimate of drug-likeness (QED) is 0.668. The number of carbonyl (C=O) groups excluding carboxylic acids is 1. The van der Waals surface area contributed by atoms with Gasteiger partial charge in [-0.05, 0) is 31.6 Å². The van der Waals surface area contributed by atoms with E-state index >= 15 is 0 Å². The average molecular weight is 228 g/mol. The van der Waals surface area contributed by atoms with Crippen LogP contribution in [0.4, 0.5) is 0 Å². The summed E-state index contributed by atoms with van der Waals surface area (Å²) in [6.07, 6.45) is 2.34. The molecule has 0 aromatic carbocycles. The summed E-state index contributed by atoms with van der Waals surface area (Å²) < 4.78 is 0. The number of rotatable bonds is 8. The van der Waals surface area contributed by atoms with E-state index < -0.39 is 0 Å². The molecule has 0 bridgehead atoms. The van der Waals surface area contributed by atoms with Gasteiger partial charge in [-0.1, -0.05) is 27.7 Å². The van der Waals surface area contributed by atoms with Crippen molar-refractivity contribution in [2.45, 2.75) is 53.5 Å². The maximum Gasteiger partial charge on any atom is 0.233 e. The fourth-order valence-corrected chi connectivity index (χ4v) is 1.33. The Bertz CT molecular complexity index is 190. The molecule has 0 radical (unpaired) electrons. The molecular formula is C13H28N2O. The Kier molecular flexibility index (Phi) is 8.26. The van der Waals surface area contributed by atoms with E-state index in [1.807, 2.05) is 0 Å². The number of hydrogen-bond donors (Lipinski definition) is 2. The van der Waals surface area contributed by atoms with Gasteiger partial charge in [-0.25, -0.2) is 0 Å². The number of amides is 1. The molecule has 3 heteroatoms. The van der Waals surface area contributed by atoms with Gasteiger partial charge in [0.15, 0.2) is 0 Å². The first kappa shape index (κ1) is 15.4. The third kappa shape index (κ3) is 9.97. The molecule has 0 fully saturated rings. The van der Waals surface area contributed by atoms with Crippen molar-refractivity contribution in [1.29, 1.82) is 0 Å². The maximum atomic E-state index is 11.4. The molecule has 16 heavy (non-hydrogen) atoms. The number of carbonyl (C=O) groups is 1. The van der Waals surface area contributed by atoms with E-state index in [1.165, 1.54) is 6.42 Å². The van der Waals surface area contributed by atoms with Gasteiger partial charge >= 0.3 is 0 Å². The summed E-state index contributed by atoms with van der Waals surface area (Å²) in [5, 5.41) is 6.15. The second-order valence-electron chi connectivity index (χ2n) is 5.45. The summed E-state index contributed by atoms with van der Waals surface area (Å²) >= 11 is 0. The van der Waals surface area contributed by atoms with Crippen LogP contribution in [0.25, 0.3) is 0 Å². The average Bonchev–Trinajstić information content (AvgIpc) is 2.20. The first-order valence-electron chi connectivity index (χ1n) is 6.41. The molecule has 0 aliphatic carbocycles. The summed E-state index contributed by atoms with van der Waals surface area (Å²) in [6, 6.07) is 0.423. The SMILES string of the molecule is CC(C)CCC(C)NCC(=O)NCC(C)C. The molecule has 0 aliphatic rings. The Balaban J connectivity index is 3.51. The Morgan fingerprint density at radius 2 is 1.62 bits per heavy atom. The lowest BCUT2D eigenvalue weighted by Crippen LogP contribution is -2.39. The van der Waals surface area contributed by atoms with Gasteiger partial charge in [-0.15, -0.1) is 0 Å². The van der Waals surface area contributed by atoms with Crippen LogP contribution in [0.5, 0.6) is 0 Å². The monoisotopic (exact) mass is 228 g/mol. The zero-order chi connectivity index (χ0) is 12.6. The van der Waals surface area contributed by atoms with Crippen molar-refractivity contribution in [1.82, 2.24) is 10.6 Å². The van der Waals surface area contributed by atoms with Crippen LogP contribution in [-0.2, 0) is 4.79 Å². The molecule has 0 aliphatic heterocycles. The minimum absolute atomic E-state index is 0.102. The molecule has 1 unspecified atom stereocenters. The Morgan fingerprint density at radius 3 is 2.12 bits per heavy atom. The molecule has 1 amide bonds. The number of nitrogens with one attached hydrogen (secondary N) is 2. The van der Waals surface area contributed by atoms with Gasteiger partial charge in [0.25, 0.3) is 0 Å². The lowest BCUT2D eigenvalue weighted by atomic mass is 10.0. The first-order chi connectivity index (χ1) is 7.41. The van der Waals surface area contributed by atoms with Crippen LogP contribution in [0.1, 0.15) is 47.5 Å². The van der Waals surface area contributed by atoms with Crippen LogP contribution in [0.3, 0.4) is 0 Å². The van der Waals surface area contributed by atoms with Crippen molar-refractivity contribution in [3.05, 3.63) is 0 Å². The molecule has 0 saturated carbocycles. The van der Waals surface area contributed by atoms with Crippen LogP contribution in [0.15, 0.2) is 0 Å². The topological polar surface area (TPSA) is 41.1 Å². The molecule has 0 rings (SSSR count). The molecule has 2 N–H and O–H groups in total. The van der Waals surface area contributed by atoms with Crippen molar-refractivity contribution >= 4 is 5.91 Å². The van der Waals surface area contributed by atoms with E-state index in [1.54, 1.807) is 0 Å². The molecule has 0 aromatic heterocycles. The molecule has 3 nitrogen and oxygen atoms in total. The standard InChI is InChI=1S/C13H28N2O/c1-10(2)6-7-12(5)14-9-13(16)15-8-11(3)4/h10-12,14H,6-9H2,1-5H3,(H,15,16). The van der Waals surface area contributed by atoms with Crippen molar-refractivity contribution in [2.24, 2.45) is 11.8 Å². The van der Waals surface area contributed by atoms with Crippen LogP contribution in [0.2, 0.25) is 0 Å². The van der Waals surface area contributed by atoms with Gasteiger partial charge < -0.3 is 10.6 Å². The summed E-state index contributed by atoms with van der Waals surface area (Å²) in [6.45, 7) is 12.0.